The van der Waals surface area contributed by atoms with Gasteiger partial charge >= 0.3 is 11.8 Å². The lowest BCUT2D eigenvalue weighted by molar-refractivity contribution is -0.223. The van der Waals surface area contributed by atoms with Crippen LogP contribution in [0.25, 0.3) is 0 Å². The summed E-state index contributed by atoms with van der Waals surface area (Å²) in [6.07, 6.45) is -0.972. The fourth-order valence-corrected chi connectivity index (χ4v) is 13.7. The third-order valence-corrected chi connectivity index (χ3v) is 16.7. The first-order valence-corrected chi connectivity index (χ1v) is 20.4. The maximum absolute atomic E-state index is 13.2. The lowest BCUT2D eigenvalue weighted by Crippen LogP contribution is -2.63. The van der Waals surface area contributed by atoms with E-state index in [1.807, 2.05) is 78.9 Å². The van der Waals surface area contributed by atoms with Crippen LogP contribution in [0.1, 0.15) is 64.5 Å². The van der Waals surface area contributed by atoms with Gasteiger partial charge in [-0.3, -0.25) is 14.3 Å². The Morgan fingerprint density at radius 2 is 1.35 bits per heavy atom. The first-order chi connectivity index (χ1) is 25.7. The number of carbonyl (C=O) groups is 1. The van der Waals surface area contributed by atoms with E-state index in [0.29, 0.717) is 11.5 Å². The minimum absolute atomic E-state index is 0.0117. The predicted octanol–water partition coefficient (Wildman–Crippen LogP) is 7.00. The zero-order valence-electron chi connectivity index (χ0n) is 32.4. The van der Waals surface area contributed by atoms with Crippen LogP contribution in [0.3, 0.4) is 0 Å². The number of hydrogen-bond acceptors (Lipinski definition) is 8. The van der Waals surface area contributed by atoms with Crippen molar-refractivity contribution >= 4 is 14.4 Å². The topological polar surface area (TPSA) is 142 Å². The average Bonchev–Trinajstić information content (AvgIpc) is 3.15. The Morgan fingerprint density at radius 3 is 1.81 bits per heavy atom. The van der Waals surface area contributed by atoms with E-state index in [9.17, 15) is 19.5 Å². The van der Waals surface area contributed by atoms with E-state index in [0.717, 1.165) is 16.7 Å². The molecule has 3 aromatic carbocycles. The summed E-state index contributed by atoms with van der Waals surface area (Å²) in [6.45, 7) is 12.6. The van der Waals surface area contributed by atoms with Crippen LogP contribution in [0.5, 0.6) is 11.5 Å². The molecule has 0 unspecified atom stereocenters. The van der Waals surface area contributed by atoms with Gasteiger partial charge in [0.25, 0.3) is 5.56 Å². The number of carboxylic acid groups (broad SMARTS) is 1. The maximum Gasteiger partial charge on any atom is 0.407 e. The third-order valence-electron chi connectivity index (χ3n) is 10.7. The summed E-state index contributed by atoms with van der Waals surface area (Å²) in [5.41, 5.74) is -0.949. The molecule has 2 heterocycles. The van der Waals surface area contributed by atoms with Gasteiger partial charge in [-0.1, -0.05) is 96.1 Å². The quantitative estimate of drug-likeness (QED) is 0.0968. The van der Waals surface area contributed by atoms with Crippen LogP contribution in [0.2, 0.25) is 16.6 Å². The second-order valence-electron chi connectivity index (χ2n) is 14.8. The SMILES string of the molecule is COc1ccc(C(OC[C@]2(CO[Si](C(C)C)(C(C)C)C(C)C)CN(C(=O)O)C[C@H](n3ccc(=O)[nH]c3=O)O2)(c2ccccc2)c2ccc(OC)cc2)cc1. The Hall–Kier alpha value is -4.69. The molecule has 1 amide bonds. The first-order valence-electron chi connectivity index (χ1n) is 18.3. The van der Waals surface area contributed by atoms with Crippen molar-refractivity contribution in [2.75, 3.05) is 40.5 Å². The highest BCUT2D eigenvalue weighted by atomic mass is 28.4. The summed E-state index contributed by atoms with van der Waals surface area (Å²) in [5.74, 6) is 1.33. The molecule has 1 saturated heterocycles. The van der Waals surface area contributed by atoms with E-state index < -0.39 is 43.1 Å². The van der Waals surface area contributed by atoms with Gasteiger partial charge in [-0.2, -0.15) is 0 Å². The molecule has 4 aromatic rings. The number of amides is 1. The maximum atomic E-state index is 13.2. The Morgan fingerprint density at radius 1 is 0.833 bits per heavy atom. The molecule has 0 radical (unpaired) electrons. The summed E-state index contributed by atoms with van der Waals surface area (Å²) in [6, 6.07) is 26.3. The fraction of sp³-hybridized carbons (Fsp3) is 0.439. The molecule has 5 rings (SSSR count). The Bertz CT molecular complexity index is 1890. The van der Waals surface area contributed by atoms with Crippen LogP contribution in [0, 0.1) is 0 Å². The molecule has 1 aliphatic heterocycles. The van der Waals surface area contributed by atoms with Crippen LogP contribution < -0.4 is 20.7 Å². The number of aromatic nitrogens is 2. The molecule has 2 atom stereocenters. The minimum Gasteiger partial charge on any atom is -0.497 e. The van der Waals surface area contributed by atoms with Crippen LogP contribution in [-0.2, 0) is 19.5 Å². The van der Waals surface area contributed by atoms with Crippen molar-refractivity contribution in [1.82, 2.24) is 14.5 Å². The van der Waals surface area contributed by atoms with Gasteiger partial charge in [0.1, 0.15) is 22.7 Å². The lowest BCUT2D eigenvalue weighted by Gasteiger charge is -2.50. The van der Waals surface area contributed by atoms with Crippen LogP contribution >= 0.6 is 0 Å². The largest absolute Gasteiger partial charge is 0.497 e. The molecule has 54 heavy (non-hydrogen) atoms. The van der Waals surface area contributed by atoms with Crippen molar-refractivity contribution in [1.29, 1.82) is 0 Å². The van der Waals surface area contributed by atoms with Crippen molar-refractivity contribution < 1.29 is 33.3 Å². The number of nitrogens with one attached hydrogen (secondary N) is 1. The average molecular weight is 760 g/mol. The Balaban J connectivity index is 1.73. The van der Waals surface area contributed by atoms with Crippen LogP contribution in [0.4, 0.5) is 4.79 Å². The van der Waals surface area contributed by atoms with E-state index in [1.165, 1.54) is 21.7 Å². The fourth-order valence-electron chi connectivity index (χ4n) is 8.18. The number of ether oxygens (including phenoxy) is 4. The normalized spacial score (nSPS) is 18.0. The molecule has 1 aromatic heterocycles. The highest BCUT2D eigenvalue weighted by Crippen LogP contribution is 2.46. The predicted molar refractivity (Wildman–Crippen MR) is 209 cm³/mol. The number of nitrogens with zero attached hydrogens (tertiary/aromatic N) is 2. The van der Waals surface area contributed by atoms with Crippen LogP contribution in [-0.4, -0.2) is 80.1 Å². The highest BCUT2D eigenvalue weighted by Gasteiger charge is 2.51. The number of hydrogen-bond donors (Lipinski definition) is 2. The van der Waals surface area contributed by atoms with E-state index in [-0.39, 0.29) is 42.9 Å². The van der Waals surface area contributed by atoms with E-state index in [4.69, 9.17) is 23.4 Å². The molecule has 1 aliphatic rings. The van der Waals surface area contributed by atoms with E-state index >= 15 is 0 Å². The summed E-state index contributed by atoms with van der Waals surface area (Å²) in [5, 5.41) is 10.5. The number of aromatic amines is 1. The summed E-state index contributed by atoms with van der Waals surface area (Å²) < 4.78 is 33.7. The van der Waals surface area contributed by atoms with E-state index in [2.05, 4.69) is 46.5 Å². The number of morpholine rings is 1. The summed E-state index contributed by atoms with van der Waals surface area (Å²) >= 11 is 0. The number of H-pyrrole nitrogens is 1. The number of rotatable bonds is 15. The monoisotopic (exact) mass is 759 g/mol. The lowest BCUT2D eigenvalue weighted by atomic mass is 9.79. The molecular formula is C41H53N3O9Si. The number of benzene rings is 3. The smallest absolute Gasteiger partial charge is 0.407 e. The molecule has 0 aliphatic carbocycles. The van der Waals surface area contributed by atoms with Gasteiger partial charge in [-0.15, -0.1) is 0 Å². The molecule has 2 N–H and O–H groups in total. The molecule has 290 valence electrons. The van der Waals surface area contributed by atoms with Crippen LogP contribution in [0.15, 0.2) is 101 Å². The van der Waals surface area contributed by atoms with Crippen molar-refractivity contribution in [3.63, 3.8) is 0 Å². The standard InChI is InChI=1S/C41H53N3O9Si/c1-28(2)54(29(3)4,30(5)6)52-27-40(25-43(39(47)48)24-37(53-40)44-23-22-36(45)42-38(44)46)26-51-41(31-12-10-9-11-13-31,32-14-18-34(49-7)19-15-32)33-16-20-35(50-8)21-17-33/h9-23,28-30,37H,24-27H2,1-8H3,(H,47,48)(H,42,45,46)/t37-,40+/m1/s1. The van der Waals surface area contributed by atoms with Crippen molar-refractivity contribution in [2.45, 2.75) is 75.6 Å². The first kappa shape index (κ1) is 40.5. The second kappa shape index (κ2) is 16.8. The third kappa shape index (κ3) is 8.04. The molecule has 0 saturated carbocycles. The molecule has 0 bridgehead atoms. The Kier molecular flexibility index (Phi) is 12.6. The highest BCUT2D eigenvalue weighted by molar-refractivity contribution is 6.77. The van der Waals surface area contributed by atoms with Gasteiger partial charge in [-0.05, 0) is 57.6 Å². The second-order valence-corrected chi connectivity index (χ2v) is 20.3. The number of methoxy groups -OCH3 is 2. The zero-order valence-corrected chi connectivity index (χ0v) is 33.4. The van der Waals surface area contributed by atoms with Crippen molar-refractivity contribution in [3.05, 3.63) is 129 Å². The Labute approximate surface area is 317 Å². The molecule has 12 nitrogen and oxygen atoms in total. The zero-order chi connectivity index (χ0) is 39.3. The summed E-state index contributed by atoms with van der Waals surface area (Å²) in [4.78, 5) is 41.6. The van der Waals surface area contributed by atoms with Gasteiger partial charge in [0.2, 0.25) is 0 Å². The molecule has 13 heteroatoms. The minimum atomic E-state index is -2.56. The summed E-state index contributed by atoms with van der Waals surface area (Å²) in [7, 11) is 0.655. The van der Waals surface area contributed by atoms with Crippen molar-refractivity contribution in [2.24, 2.45) is 0 Å². The molecule has 0 spiro atoms. The molecular weight excluding hydrogens is 707 g/mol. The van der Waals surface area contributed by atoms with Gasteiger partial charge in [0.15, 0.2) is 14.5 Å². The van der Waals surface area contributed by atoms with Gasteiger partial charge in [0.05, 0.1) is 40.5 Å². The molecule has 1 fully saturated rings. The van der Waals surface area contributed by atoms with Gasteiger partial charge in [-0.25, -0.2) is 9.59 Å². The van der Waals surface area contributed by atoms with Crippen molar-refractivity contribution in [3.8, 4) is 11.5 Å². The van der Waals surface area contributed by atoms with Gasteiger partial charge in [0, 0.05) is 12.3 Å². The van der Waals surface area contributed by atoms with Gasteiger partial charge < -0.3 is 33.4 Å². The van der Waals surface area contributed by atoms with E-state index in [1.54, 1.807) is 14.2 Å².